The molecule has 5 nitrogen and oxygen atoms in total. The minimum absolute atomic E-state index is 0.117. The second kappa shape index (κ2) is 4.07. The molecule has 15 heavy (non-hydrogen) atoms. The smallest absolute Gasteiger partial charge is 0.309 e. The molecule has 0 aliphatic heterocycles. The number of hydrogen-bond donors (Lipinski definition) is 3. The maximum Gasteiger partial charge on any atom is 0.309 e. The van der Waals surface area contributed by atoms with Gasteiger partial charge in [0.1, 0.15) is 0 Å². The van der Waals surface area contributed by atoms with Crippen LogP contribution in [-0.2, 0) is 11.2 Å². The number of hydrogen-bond acceptors (Lipinski definition) is 4. The Labute approximate surface area is 83.2 Å². The molecule has 0 aromatic carbocycles. The summed E-state index contributed by atoms with van der Waals surface area (Å²) in [5.74, 6) is -2.02. The van der Waals surface area contributed by atoms with Gasteiger partial charge in [0, 0.05) is 0 Å². The zero-order chi connectivity index (χ0) is 11.6. The number of nitrogen functional groups attached to an aromatic ring is 1. The first-order valence-electron chi connectivity index (χ1n) is 3.90. The van der Waals surface area contributed by atoms with Crippen molar-refractivity contribution in [3.63, 3.8) is 0 Å². The Morgan fingerprint density at radius 3 is 2.67 bits per heavy atom. The molecule has 1 heterocycles. The number of aromatic nitrogens is 1. The van der Waals surface area contributed by atoms with Crippen molar-refractivity contribution in [2.75, 3.05) is 5.73 Å². The van der Waals surface area contributed by atoms with E-state index in [-0.39, 0.29) is 11.4 Å². The molecule has 1 rings (SSSR count). The predicted octanol–water partition coefficient (Wildman–Crippen LogP) is 0.934. The third-order valence-electron chi connectivity index (χ3n) is 1.64. The minimum Gasteiger partial charge on any atom is -0.504 e. The minimum atomic E-state index is -3.00. The Morgan fingerprint density at radius 1 is 1.60 bits per heavy atom. The summed E-state index contributed by atoms with van der Waals surface area (Å²) in [6.45, 7) is 0. The number of anilines is 1. The van der Waals surface area contributed by atoms with Crippen LogP contribution < -0.4 is 5.73 Å². The first-order valence-corrected chi connectivity index (χ1v) is 3.90. The van der Waals surface area contributed by atoms with Gasteiger partial charge >= 0.3 is 5.97 Å². The number of aliphatic carboxylic acids is 1. The molecule has 1 aromatic rings. The highest BCUT2D eigenvalue weighted by molar-refractivity contribution is 5.70. The summed E-state index contributed by atoms with van der Waals surface area (Å²) in [4.78, 5) is 13.6. The van der Waals surface area contributed by atoms with Crippen LogP contribution in [0, 0.1) is 0 Å². The van der Waals surface area contributed by atoms with Gasteiger partial charge in [-0.15, -0.1) is 0 Å². The fourth-order valence-corrected chi connectivity index (χ4v) is 1.03. The summed E-state index contributed by atoms with van der Waals surface area (Å²) in [6.07, 6.45) is -3.52. The number of pyridine rings is 1. The normalized spacial score (nSPS) is 10.6. The number of rotatable bonds is 3. The molecule has 0 amide bonds. The lowest BCUT2D eigenvalue weighted by molar-refractivity contribution is -0.136. The van der Waals surface area contributed by atoms with Crippen LogP contribution in [0.2, 0.25) is 0 Å². The third-order valence-corrected chi connectivity index (χ3v) is 1.64. The molecule has 82 valence electrons. The Balaban J connectivity index is 3.17. The molecule has 7 heteroatoms. The molecule has 0 radical (unpaired) electrons. The topological polar surface area (TPSA) is 96.4 Å². The zero-order valence-electron chi connectivity index (χ0n) is 7.44. The highest BCUT2D eigenvalue weighted by Gasteiger charge is 2.19. The van der Waals surface area contributed by atoms with E-state index in [9.17, 15) is 13.6 Å². The summed E-state index contributed by atoms with van der Waals surface area (Å²) in [5, 5.41) is 17.5. The van der Waals surface area contributed by atoms with Crippen molar-refractivity contribution < 1.29 is 23.8 Å². The molecule has 0 saturated carbocycles. The van der Waals surface area contributed by atoms with Gasteiger partial charge in [0.05, 0.1) is 17.8 Å². The van der Waals surface area contributed by atoms with Gasteiger partial charge in [-0.1, -0.05) is 0 Å². The second-order valence-corrected chi connectivity index (χ2v) is 2.81. The van der Waals surface area contributed by atoms with Crippen molar-refractivity contribution in [2.24, 2.45) is 0 Å². The number of nitrogens with zero attached hydrogens (tertiary/aromatic N) is 1. The van der Waals surface area contributed by atoms with Crippen LogP contribution in [0.4, 0.5) is 14.5 Å². The number of aromatic hydroxyl groups is 1. The number of carboxylic acid groups (broad SMARTS) is 1. The molecule has 0 bridgehead atoms. The molecule has 4 N–H and O–H groups in total. The predicted molar refractivity (Wildman–Crippen MR) is 46.6 cm³/mol. The molecule has 0 spiro atoms. The van der Waals surface area contributed by atoms with Gasteiger partial charge < -0.3 is 15.9 Å². The Kier molecular flexibility index (Phi) is 3.03. The summed E-state index contributed by atoms with van der Waals surface area (Å²) in [7, 11) is 0. The third kappa shape index (κ3) is 2.52. The molecule has 0 unspecified atom stereocenters. The lowest BCUT2D eigenvalue weighted by Gasteiger charge is -2.07. The van der Waals surface area contributed by atoms with Crippen LogP contribution in [0.5, 0.6) is 5.75 Å². The van der Waals surface area contributed by atoms with E-state index >= 15 is 0 Å². The van der Waals surface area contributed by atoms with Gasteiger partial charge in [0.25, 0.3) is 6.43 Å². The molecule has 1 aromatic heterocycles. The zero-order valence-corrected chi connectivity index (χ0v) is 7.44. The Hall–Kier alpha value is -1.92. The van der Waals surface area contributed by atoms with Crippen LogP contribution in [0.1, 0.15) is 17.8 Å². The van der Waals surface area contributed by atoms with Crippen LogP contribution >= 0.6 is 0 Å². The summed E-state index contributed by atoms with van der Waals surface area (Å²) >= 11 is 0. The Morgan fingerprint density at radius 2 is 2.20 bits per heavy atom. The first-order chi connectivity index (χ1) is 6.91. The largest absolute Gasteiger partial charge is 0.504 e. The number of halogens is 2. The van der Waals surface area contributed by atoms with E-state index in [1.165, 1.54) is 0 Å². The summed E-state index contributed by atoms with van der Waals surface area (Å²) in [5.41, 5.74) is 3.90. The number of carboxylic acids is 1. The quantitative estimate of drug-likeness (QED) is 0.701. The lowest BCUT2D eigenvalue weighted by Crippen LogP contribution is -2.06. The van der Waals surface area contributed by atoms with E-state index < -0.39 is 30.3 Å². The highest BCUT2D eigenvalue weighted by atomic mass is 19.3. The van der Waals surface area contributed by atoms with Gasteiger partial charge in [0.15, 0.2) is 11.4 Å². The number of carbonyl (C=O) groups is 1. The van der Waals surface area contributed by atoms with E-state index in [0.717, 1.165) is 6.07 Å². The average molecular weight is 218 g/mol. The second-order valence-electron chi connectivity index (χ2n) is 2.81. The van der Waals surface area contributed by atoms with Crippen molar-refractivity contribution in [3.05, 3.63) is 17.5 Å². The lowest BCUT2D eigenvalue weighted by atomic mass is 10.2. The maximum atomic E-state index is 12.3. The maximum absolute atomic E-state index is 12.3. The van der Waals surface area contributed by atoms with Crippen molar-refractivity contribution >= 4 is 11.7 Å². The van der Waals surface area contributed by atoms with Crippen LogP contribution in [0.3, 0.4) is 0 Å². The summed E-state index contributed by atoms with van der Waals surface area (Å²) < 4.78 is 24.6. The fraction of sp³-hybridized carbons (Fsp3) is 0.250. The number of nitrogens with two attached hydrogens (primary N) is 1. The van der Waals surface area contributed by atoms with Crippen LogP contribution in [0.15, 0.2) is 6.07 Å². The SMILES string of the molecule is Nc1cc(CC(=O)O)nc(C(F)F)c1O. The van der Waals surface area contributed by atoms with Gasteiger partial charge in [-0.3, -0.25) is 4.79 Å². The monoisotopic (exact) mass is 218 g/mol. The first kappa shape index (κ1) is 11.2. The standard InChI is InChI=1S/C8H8F2N2O3/c9-8(10)6-7(15)4(11)1-3(12-6)2-5(13)14/h1,8,15H,2H2,(H2,11,12)(H,13,14). The van der Waals surface area contributed by atoms with Crippen molar-refractivity contribution in [1.82, 2.24) is 4.98 Å². The van der Waals surface area contributed by atoms with E-state index in [2.05, 4.69) is 4.98 Å². The molecule has 0 saturated heterocycles. The fourth-order valence-electron chi connectivity index (χ4n) is 1.03. The molecular formula is C8H8F2N2O3. The van der Waals surface area contributed by atoms with Crippen LogP contribution in [-0.4, -0.2) is 21.2 Å². The van der Waals surface area contributed by atoms with E-state index in [1.807, 2.05) is 0 Å². The van der Waals surface area contributed by atoms with E-state index in [0.29, 0.717) is 0 Å². The molecular weight excluding hydrogens is 210 g/mol. The highest BCUT2D eigenvalue weighted by Crippen LogP contribution is 2.31. The molecule has 0 aliphatic rings. The van der Waals surface area contributed by atoms with Crippen molar-refractivity contribution in [1.29, 1.82) is 0 Å². The van der Waals surface area contributed by atoms with Crippen molar-refractivity contribution in [3.8, 4) is 5.75 Å². The molecule has 0 aliphatic carbocycles. The van der Waals surface area contributed by atoms with Gasteiger partial charge in [0.2, 0.25) is 0 Å². The average Bonchev–Trinajstić information content (AvgIpc) is 2.09. The molecule has 0 atom stereocenters. The number of alkyl halides is 2. The van der Waals surface area contributed by atoms with Gasteiger partial charge in [-0.2, -0.15) is 0 Å². The van der Waals surface area contributed by atoms with E-state index in [4.69, 9.17) is 15.9 Å². The van der Waals surface area contributed by atoms with Gasteiger partial charge in [-0.25, -0.2) is 13.8 Å². The molecule has 0 fully saturated rings. The summed E-state index contributed by atoms with van der Waals surface area (Å²) in [6, 6.07) is 1.05. The van der Waals surface area contributed by atoms with E-state index in [1.54, 1.807) is 0 Å². The van der Waals surface area contributed by atoms with Gasteiger partial charge in [-0.05, 0) is 6.07 Å². The van der Waals surface area contributed by atoms with Crippen molar-refractivity contribution in [2.45, 2.75) is 12.8 Å². The van der Waals surface area contributed by atoms with Crippen LogP contribution in [0.25, 0.3) is 0 Å². The Bertz CT molecular complexity index is 396.